The molecule has 0 bridgehead atoms. The first-order chi connectivity index (χ1) is 8.74. The van der Waals surface area contributed by atoms with E-state index in [0.717, 1.165) is 38.6 Å². The van der Waals surface area contributed by atoms with Gasteiger partial charge in [-0.2, -0.15) is 0 Å². The Morgan fingerprint density at radius 2 is 1.94 bits per heavy atom. The van der Waals surface area contributed by atoms with Gasteiger partial charge in [-0.25, -0.2) is 0 Å². The maximum Gasteiger partial charge on any atom is 0.0671 e. The summed E-state index contributed by atoms with van der Waals surface area (Å²) in [6, 6.07) is 0. The van der Waals surface area contributed by atoms with Crippen LogP contribution in [-0.2, 0) is 9.47 Å². The summed E-state index contributed by atoms with van der Waals surface area (Å²) in [6.07, 6.45) is 6.52. The second-order valence-electron chi connectivity index (χ2n) is 5.11. The number of hydrogen-bond acceptors (Lipinski definition) is 3. The predicted molar refractivity (Wildman–Crippen MR) is 78.1 cm³/mol. The summed E-state index contributed by atoms with van der Waals surface area (Å²) in [5.74, 6) is 0.737. The van der Waals surface area contributed by atoms with Crippen LogP contribution in [-0.4, -0.2) is 39.5 Å². The highest BCUT2D eigenvalue weighted by Gasteiger charge is 2.08. The summed E-state index contributed by atoms with van der Waals surface area (Å²) >= 11 is 0. The first-order valence-electron chi connectivity index (χ1n) is 7.55. The molecular weight excluding hydrogens is 226 g/mol. The van der Waals surface area contributed by atoms with E-state index < -0.39 is 0 Å². The molecular formula is C15H33NO2. The van der Waals surface area contributed by atoms with Crippen LogP contribution in [0.1, 0.15) is 52.9 Å². The van der Waals surface area contributed by atoms with Crippen molar-refractivity contribution in [3.05, 3.63) is 0 Å². The van der Waals surface area contributed by atoms with Gasteiger partial charge in [-0.1, -0.05) is 33.1 Å². The molecule has 0 aliphatic heterocycles. The Morgan fingerprint density at radius 3 is 2.56 bits per heavy atom. The Morgan fingerprint density at radius 1 is 1.17 bits per heavy atom. The molecule has 2 atom stereocenters. The van der Waals surface area contributed by atoms with Crippen LogP contribution in [0.2, 0.25) is 0 Å². The number of hydrogen-bond donors (Lipinski definition) is 1. The van der Waals surface area contributed by atoms with Gasteiger partial charge >= 0.3 is 0 Å². The van der Waals surface area contributed by atoms with Gasteiger partial charge in [-0.05, 0) is 32.2 Å². The van der Waals surface area contributed by atoms with Crippen LogP contribution in [0.25, 0.3) is 0 Å². The molecule has 0 aromatic heterocycles. The maximum atomic E-state index is 5.90. The minimum atomic E-state index is 0.309. The molecule has 0 heterocycles. The number of methoxy groups -OCH3 is 1. The molecule has 0 amide bonds. The van der Waals surface area contributed by atoms with Gasteiger partial charge in [0.1, 0.15) is 0 Å². The van der Waals surface area contributed by atoms with Gasteiger partial charge < -0.3 is 14.8 Å². The fraction of sp³-hybridized carbons (Fsp3) is 1.00. The fourth-order valence-electron chi connectivity index (χ4n) is 1.90. The van der Waals surface area contributed by atoms with Crippen molar-refractivity contribution < 1.29 is 9.47 Å². The Balaban J connectivity index is 3.45. The highest BCUT2D eigenvalue weighted by atomic mass is 16.5. The standard InChI is InChI=1S/C15H33NO2/c1-5-7-9-15(6-2)13-18-14(3)12-16-10-8-11-17-4/h14-16H,5-13H2,1-4H3. The van der Waals surface area contributed by atoms with Crippen molar-refractivity contribution >= 4 is 0 Å². The van der Waals surface area contributed by atoms with Gasteiger partial charge in [0.15, 0.2) is 0 Å². The lowest BCUT2D eigenvalue weighted by Crippen LogP contribution is -2.29. The number of ether oxygens (including phenoxy) is 2. The lowest BCUT2D eigenvalue weighted by Gasteiger charge is -2.19. The number of nitrogens with one attached hydrogen (secondary N) is 1. The number of rotatable bonds is 13. The summed E-state index contributed by atoms with van der Waals surface area (Å²) in [7, 11) is 1.74. The van der Waals surface area contributed by atoms with Crippen molar-refractivity contribution in [2.24, 2.45) is 5.92 Å². The zero-order valence-corrected chi connectivity index (χ0v) is 12.8. The van der Waals surface area contributed by atoms with E-state index in [2.05, 4.69) is 26.1 Å². The van der Waals surface area contributed by atoms with Crippen molar-refractivity contribution in [2.45, 2.75) is 59.0 Å². The zero-order valence-electron chi connectivity index (χ0n) is 12.8. The molecule has 110 valence electrons. The summed E-state index contributed by atoms with van der Waals surface area (Å²) in [4.78, 5) is 0. The SMILES string of the molecule is CCCCC(CC)COC(C)CNCCCOC. The van der Waals surface area contributed by atoms with Gasteiger partial charge in [-0.3, -0.25) is 0 Å². The third-order valence-electron chi connectivity index (χ3n) is 3.29. The molecule has 0 radical (unpaired) electrons. The topological polar surface area (TPSA) is 30.5 Å². The molecule has 3 heteroatoms. The molecule has 2 unspecified atom stereocenters. The van der Waals surface area contributed by atoms with E-state index in [4.69, 9.17) is 9.47 Å². The van der Waals surface area contributed by atoms with E-state index in [-0.39, 0.29) is 0 Å². The Bertz CT molecular complexity index is 165. The fourth-order valence-corrected chi connectivity index (χ4v) is 1.90. The van der Waals surface area contributed by atoms with Crippen molar-refractivity contribution in [1.29, 1.82) is 0 Å². The molecule has 0 spiro atoms. The predicted octanol–water partition coefficient (Wildman–Crippen LogP) is 3.23. The van der Waals surface area contributed by atoms with Crippen molar-refractivity contribution in [2.75, 3.05) is 33.4 Å². The summed E-state index contributed by atoms with van der Waals surface area (Å²) in [5.41, 5.74) is 0. The van der Waals surface area contributed by atoms with Crippen LogP contribution in [0, 0.1) is 5.92 Å². The lowest BCUT2D eigenvalue weighted by molar-refractivity contribution is 0.0367. The second-order valence-corrected chi connectivity index (χ2v) is 5.11. The van der Waals surface area contributed by atoms with Gasteiger partial charge in [0, 0.05) is 26.9 Å². The minimum Gasteiger partial charge on any atom is -0.385 e. The van der Waals surface area contributed by atoms with Crippen LogP contribution >= 0.6 is 0 Å². The second kappa shape index (κ2) is 13.3. The zero-order chi connectivity index (χ0) is 13.6. The Hall–Kier alpha value is -0.120. The average Bonchev–Trinajstić information content (AvgIpc) is 2.39. The lowest BCUT2D eigenvalue weighted by atomic mass is 10.0. The third-order valence-corrected chi connectivity index (χ3v) is 3.29. The third kappa shape index (κ3) is 11.0. The normalized spacial score (nSPS) is 14.7. The van der Waals surface area contributed by atoms with Crippen LogP contribution in [0.5, 0.6) is 0 Å². The molecule has 0 aliphatic carbocycles. The molecule has 0 saturated heterocycles. The van der Waals surface area contributed by atoms with E-state index in [0.29, 0.717) is 6.10 Å². The van der Waals surface area contributed by atoms with Crippen LogP contribution in [0.15, 0.2) is 0 Å². The first-order valence-corrected chi connectivity index (χ1v) is 7.55. The monoisotopic (exact) mass is 259 g/mol. The summed E-state index contributed by atoms with van der Waals surface area (Å²) in [5, 5.41) is 3.40. The Kier molecular flexibility index (Phi) is 13.2. The largest absolute Gasteiger partial charge is 0.385 e. The Labute approximate surface area is 114 Å². The summed E-state index contributed by atoms with van der Waals surface area (Å²) in [6.45, 7) is 10.4. The highest BCUT2D eigenvalue weighted by Crippen LogP contribution is 2.13. The van der Waals surface area contributed by atoms with Crippen molar-refractivity contribution in [1.82, 2.24) is 5.32 Å². The highest BCUT2D eigenvalue weighted by molar-refractivity contribution is 4.60. The average molecular weight is 259 g/mol. The molecule has 18 heavy (non-hydrogen) atoms. The van der Waals surface area contributed by atoms with E-state index >= 15 is 0 Å². The van der Waals surface area contributed by atoms with Crippen LogP contribution in [0.3, 0.4) is 0 Å². The van der Waals surface area contributed by atoms with Crippen molar-refractivity contribution in [3.8, 4) is 0 Å². The van der Waals surface area contributed by atoms with E-state index in [9.17, 15) is 0 Å². The van der Waals surface area contributed by atoms with Crippen LogP contribution in [0.4, 0.5) is 0 Å². The number of unbranched alkanes of at least 4 members (excludes halogenated alkanes) is 1. The van der Waals surface area contributed by atoms with Gasteiger partial charge in [0.2, 0.25) is 0 Å². The smallest absolute Gasteiger partial charge is 0.0671 e. The van der Waals surface area contributed by atoms with Gasteiger partial charge in [-0.15, -0.1) is 0 Å². The van der Waals surface area contributed by atoms with Gasteiger partial charge in [0.25, 0.3) is 0 Å². The molecule has 0 aliphatic rings. The quantitative estimate of drug-likeness (QED) is 0.515. The molecule has 3 nitrogen and oxygen atoms in total. The molecule has 0 aromatic rings. The minimum absolute atomic E-state index is 0.309. The molecule has 1 N–H and O–H groups in total. The molecule has 0 rings (SSSR count). The van der Waals surface area contributed by atoms with E-state index in [1.165, 1.54) is 25.7 Å². The molecule has 0 aromatic carbocycles. The van der Waals surface area contributed by atoms with Gasteiger partial charge in [0.05, 0.1) is 6.10 Å². The molecule has 0 fully saturated rings. The first kappa shape index (κ1) is 17.9. The van der Waals surface area contributed by atoms with E-state index in [1.54, 1.807) is 7.11 Å². The van der Waals surface area contributed by atoms with Crippen LogP contribution < -0.4 is 5.32 Å². The molecule has 0 saturated carbocycles. The van der Waals surface area contributed by atoms with Crippen molar-refractivity contribution in [3.63, 3.8) is 0 Å². The van der Waals surface area contributed by atoms with E-state index in [1.807, 2.05) is 0 Å². The summed E-state index contributed by atoms with van der Waals surface area (Å²) < 4.78 is 10.9. The maximum absolute atomic E-state index is 5.90.